The summed E-state index contributed by atoms with van der Waals surface area (Å²) in [5.41, 5.74) is 1.04. The number of nitrogens with one attached hydrogen (secondary N) is 1. The molecule has 0 unspecified atom stereocenters. The van der Waals surface area contributed by atoms with E-state index >= 15 is 0 Å². The zero-order valence-electron chi connectivity index (χ0n) is 15.1. The lowest BCUT2D eigenvalue weighted by atomic mass is 10.1. The van der Waals surface area contributed by atoms with E-state index in [9.17, 15) is 13.2 Å². The van der Waals surface area contributed by atoms with Crippen molar-refractivity contribution in [1.82, 2.24) is 9.62 Å². The normalized spacial score (nSPS) is 16.4. The molecule has 1 heterocycles. The highest BCUT2D eigenvalue weighted by atomic mass is 32.2. The topological polar surface area (TPSA) is 75.7 Å². The Kier molecular flexibility index (Phi) is 7.40. The van der Waals surface area contributed by atoms with Crippen LogP contribution < -0.4 is 5.32 Å². The Hall–Kier alpha value is -1.44. The molecule has 2 rings (SSSR count). The Morgan fingerprint density at radius 2 is 1.88 bits per heavy atom. The largest absolute Gasteiger partial charge is 0.385 e. The maximum Gasteiger partial charge on any atom is 0.251 e. The van der Waals surface area contributed by atoms with Gasteiger partial charge >= 0.3 is 0 Å². The number of rotatable bonds is 7. The summed E-state index contributed by atoms with van der Waals surface area (Å²) in [6, 6.07) is 4.87. The standard InChI is InChI=1S/C18H28N2O4S/c1-15-8-9-16(18(21)19-10-7-13-24-2)14-17(15)25(22,23)20-11-5-3-4-6-12-20/h8-9,14H,3-7,10-13H2,1-2H3,(H,19,21). The van der Waals surface area contributed by atoms with Gasteiger partial charge in [0.2, 0.25) is 10.0 Å². The summed E-state index contributed by atoms with van der Waals surface area (Å²) in [6.45, 7) is 3.94. The van der Waals surface area contributed by atoms with Gasteiger partial charge in [0.25, 0.3) is 5.91 Å². The number of hydrogen-bond acceptors (Lipinski definition) is 4. The van der Waals surface area contributed by atoms with E-state index in [-0.39, 0.29) is 10.8 Å². The number of sulfonamides is 1. The van der Waals surface area contributed by atoms with Gasteiger partial charge in [-0.1, -0.05) is 18.9 Å². The molecule has 1 fully saturated rings. The third kappa shape index (κ3) is 5.26. The summed E-state index contributed by atoms with van der Waals surface area (Å²) in [5, 5.41) is 2.79. The maximum absolute atomic E-state index is 13.0. The average Bonchev–Trinajstić information content (AvgIpc) is 2.88. The minimum absolute atomic E-state index is 0.235. The van der Waals surface area contributed by atoms with Gasteiger partial charge in [0.05, 0.1) is 4.90 Å². The first-order valence-corrected chi connectivity index (χ1v) is 10.3. The van der Waals surface area contributed by atoms with Gasteiger partial charge in [0.15, 0.2) is 0 Å². The number of methoxy groups -OCH3 is 1. The van der Waals surface area contributed by atoms with Crippen molar-refractivity contribution in [1.29, 1.82) is 0 Å². The Balaban J connectivity index is 2.18. The molecule has 6 nitrogen and oxygen atoms in total. The van der Waals surface area contributed by atoms with Gasteiger partial charge in [-0.3, -0.25) is 4.79 Å². The fourth-order valence-corrected chi connectivity index (χ4v) is 4.73. The zero-order chi connectivity index (χ0) is 18.3. The lowest BCUT2D eigenvalue weighted by Gasteiger charge is -2.21. The molecule has 1 N–H and O–H groups in total. The SMILES string of the molecule is COCCCNC(=O)c1ccc(C)c(S(=O)(=O)N2CCCCCC2)c1. The van der Waals surface area contributed by atoms with Crippen LogP contribution in [-0.4, -0.2) is 52.0 Å². The monoisotopic (exact) mass is 368 g/mol. The number of amides is 1. The van der Waals surface area contributed by atoms with E-state index in [1.807, 2.05) is 0 Å². The summed E-state index contributed by atoms with van der Waals surface area (Å²) in [7, 11) is -1.95. The molecule has 140 valence electrons. The molecule has 1 saturated heterocycles. The van der Waals surface area contributed by atoms with Crippen LogP contribution >= 0.6 is 0 Å². The van der Waals surface area contributed by atoms with Gasteiger partial charge in [-0.25, -0.2) is 8.42 Å². The molecule has 1 aromatic rings. The molecule has 1 aliphatic rings. The highest BCUT2D eigenvalue weighted by Crippen LogP contribution is 2.24. The second-order valence-electron chi connectivity index (χ2n) is 6.40. The summed E-state index contributed by atoms with van der Waals surface area (Å²) in [6.07, 6.45) is 4.62. The van der Waals surface area contributed by atoms with Crippen molar-refractivity contribution in [2.24, 2.45) is 0 Å². The van der Waals surface area contributed by atoms with Gasteiger partial charge < -0.3 is 10.1 Å². The van der Waals surface area contributed by atoms with E-state index in [0.29, 0.717) is 43.8 Å². The van der Waals surface area contributed by atoms with Gasteiger partial charge in [0, 0.05) is 38.9 Å². The predicted octanol–water partition coefficient (Wildman–Crippen LogP) is 2.33. The van der Waals surface area contributed by atoms with Gasteiger partial charge in [-0.15, -0.1) is 0 Å². The van der Waals surface area contributed by atoms with Crippen LogP contribution in [0.15, 0.2) is 23.1 Å². The zero-order valence-corrected chi connectivity index (χ0v) is 15.9. The molecule has 0 atom stereocenters. The van der Waals surface area contributed by atoms with Crippen molar-refractivity contribution in [3.8, 4) is 0 Å². The molecule has 0 bridgehead atoms. The van der Waals surface area contributed by atoms with E-state index < -0.39 is 10.0 Å². The lowest BCUT2D eigenvalue weighted by Crippen LogP contribution is -2.33. The van der Waals surface area contributed by atoms with Crippen molar-refractivity contribution in [2.45, 2.75) is 43.9 Å². The number of ether oxygens (including phenoxy) is 1. The van der Waals surface area contributed by atoms with Crippen LogP contribution in [0.3, 0.4) is 0 Å². The first kappa shape index (κ1) is 19.9. The van der Waals surface area contributed by atoms with E-state index in [0.717, 1.165) is 25.7 Å². The average molecular weight is 368 g/mol. The van der Waals surface area contributed by atoms with Crippen LogP contribution in [0.2, 0.25) is 0 Å². The predicted molar refractivity (Wildman–Crippen MR) is 97.2 cm³/mol. The Morgan fingerprint density at radius 3 is 2.52 bits per heavy atom. The molecular weight excluding hydrogens is 340 g/mol. The summed E-state index contributed by atoms with van der Waals surface area (Å²) < 4.78 is 32.5. The molecule has 0 saturated carbocycles. The first-order valence-electron chi connectivity index (χ1n) is 8.85. The van der Waals surface area contributed by atoms with Crippen LogP contribution in [-0.2, 0) is 14.8 Å². The second kappa shape index (κ2) is 9.31. The minimum Gasteiger partial charge on any atom is -0.385 e. The van der Waals surface area contributed by atoms with Crippen LogP contribution in [0.5, 0.6) is 0 Å². The number of aryl methyl sites for hydroxylation is 1. The fraction of sp³-hybridized carbons (Fsp3) is 0.611. The molecule has 1 aromatic carbocycles. The molecule has 25 heavy (non-hydrogen) atoms. The highest BCUT2D eigenvalue weighted by molar-refractivity contribution is 7.89. The van der Waals surface area contributed by atoms with Crippen LogP contribution in [0.25, 0.3) is 0 Å². The van der Waals surface area contributed by atoms with Crippen molar-refractivity contribution in [3.63, 3.8) is 0 Å². The van der Waals surface area contributed by atoms with E-state index in [1.165, 1.54) is 6.07 Å². The Morgan fingerprint density at radius 1 is 1.20 bits per heavy atom. The second-order valence-corrected chi connectivity index (χ2v) is 8.31. The maximum atomic E-state index is 13.0. The molecule has 0 aliphatic carbocycles. The van der Waals surface area contributed by atoms with E-state index in [1.54, 1.807) is 30.5 Å². The lowest BCUT2D eigenvalue weighted by molar-refractivity contribution is 0.0948. The Bertz CT molecular complexity index is 680. The van der Waals surface area contributed by atoms with Gasteiger partial charge in [-0.2, -0.15) is 4.31 Å². The Labute approximate surface area is 150 Å². The molecule has 7 heteroatoms. The van der Waals surface area contributed by atoms with Crippen molar-refractivity contribution >= 4 is 15.9 Å². The number of hydrogen-bond donors (Lipinski definition) is 1. The molecule has 1 aliphatic heterocycles. The number of carbonyl (C=O) groups excluding carboxylic acids is 1. The van der Waals surface area contributed by atoms with Crippen molar-refractivity contribution < 1.29 is 17.9 Å². The van der Waals surface area contributed by atoms with Crippen LogP contribution in [0, 0.1) is 6.92 Å². The fourth-order valence-electron chi connectivity index (χ4n) is 2.96. The molecule has 0 spiro atoms. The van der Waals surface area contributed by atoms with Crippen LogP contribution in [0.1, 0.15) is 48.0 Å². The van der Waals surface area contributed by atoms with Crippen molar-refractivity contribution in [3.05, 3.63) is 29.3 Å². The van der Waals surface area contributed by atoms with Crippen molar-refractivity contribution in [2.75, 3.05) is 33.4 Å². The first-order chi connectivity index (χ1) is 12.0. The molecular formula is C18H28N2O4S. The minimum atomic E-state index is -3.57. The summed E-state index contributed by atoms with van der Waals surface area (Å²) in [5.74, 6) is -0.261. The van der Waals surface area contributed by atoms with E-state index in [4.69, 9.17) is 4.74 Å². The molecule has 0 radical (unpaired) electrons. The van der Waals surface area contributed by atoms with Gasteiger partial charge in [0.1, 0.15) is 0 Å². The number of carbonyl (C=O) groups is 1. The number of benzene rings is 1. The third-order valence-electron chi connectivity index (χ3n) is 4.44. The molecule has 1 amide bonds. The summed E-state index contributed by atoms with van der Waals surface area (Å²) >= 11 is 0. The smallest absolute Gasteiger partial charge is 0.251 e. The van der Waals surface area contributed by atoms with E-state index in [2.05, 4.69) is 5.32 Å². The highest BCUT2D eigenvalue weighted by Gasteiger charge is 2.27. The van der Waals surface area contributed by atoms with Gasteiger partial charge in [-0.05, 0) is 43.9 Å². The third-order valence-corrected chi connectivity index (χ3v) is 6.48. The quantitative estimate of drug-likeness (QED) is 0.750. The summed E-state index contributed by atoms with van der Waals surface area (Å²) in [4.78, 5) is 12.5. The van der Waals surface area contributed by atoms with Crippen LogP contribution in [0.4, 0.5) is 0 Å². The number of nitrogens with zero attached hydrogens (tertiary/aromatic N) is 1. The molecule has 0 aromatic heterocycles.